The van der Waals surface area contributed by atoms with E-state index < -0.39 is 25.8 Å². The zero-order chi connectivity index (χ0) is 39.8. The number of anilines is 3. The molecule has 300 valence electrons. The Bertz CT molecular complexity index is 1940. The first-order chi connectivity index (χ1) is 27.0. The number of nitrogens with zero attached hydrogens (tertiary/aromatic N) is 2. The quantitative estimate of drug-likeness (QED) is 0.136. The molecule has 4 aliphatic rings. The van der Waals surface area contributed by atoms with Crippen LogP contribution in [0.5, 0.6) is 11.5 Å². The lowest BCUT2D eigenvalue weighted by atomic mass is 9.82. The fourth-order valence-electron chi connectivity index (χ4n) is 9.82. The molecule has 0 aliphatic carbocycles. The van der Waals surface area contributed by atoms with E-state index in [1.165, 1.54) is 0 Å². The molecule has 1 unspecified atom stereocenters. The third-order valence-corrected chi connectivity index (χ3v) is 17.0. The Morgan fingerprint density at radius 3 is 2.54 bits per heavy atom. The smallest absolute Gasteiger partial charge is 0.261 e. The summed E-state index contributed by atoms with van der Waals surface area (Å²) in [4.78, 5) is 46.6. The summed E-state index contributed by atoms with van der Waals surface area (Å²) >= 11 is 0. The Hall–Kier alpha value is -4.27. The van der Waals surface area contributed by atoms with Gasteiger partial charge in [-0.05, 0) is 105 Å². The molecular formula is C43H56N4O8Si. The topological polar surface area (TPSA) is 150 Å². The standard InChI is InChI=1S/C43H56N4O8Si/c1-6-54-32-14-18-37-28(22-32)23-36(44-19-7-8-21-48)41(51)47(37)29-11-17-35-34(24-29)43(42(52)45-35)27(2)40(56(4,5)33-15-12-31(53-3)13-16-33)38(55-43)25-39(50)46-20-9-10-30(46)26-49/h11-18,22,24,27,30,36,38,40,44,48-49H,6-10,19-21,23,25-26H2,1-5H3,(H,45,52)/t27-,30-,36?,38+,40-,43+/m0/s1. The van der Waals surface area contributed by atoms with Crippen molar-refractivity contribution in [2.45, 2.75) is 94.8 Å². The lowest BCUT2D eigenvalue weighted by molar-refractivity contribution is -0.148. The van der Waals surface area contributed by atoms with Crippen molar-refractivity contribution < 1.29 is 38.8 Å². The van der Waals surface area contributed by atoms with Crippen LogP contribution in [0.15, 0.2) is 60.7 Å². The van der Waals surface area contributed by atoms with Gasteiger partial charge in [-0.3, -0.25) is 19.3 Å². The second-order valence-corrected chi connectivity index (χ2v) is 20.8. The van der Waals surface area contributed by atoms with Crippen LogP contribution in [0.1, 0.15) is 57.1 Å². The maximum atomic E-state index is 14.5. The predicted molar refractivity (Wildman–Crippen MR) is 218 cm³/mol. The SMILES string of the molecule is CCOc1ccc2c(c1)CC(NCCCCO)C(=O)N2c1ccc2c(c1)[C@@]1(O[C@H](CC(=O)N3CCC[C@H]3CO)[C@@H]([Si](C)(C)c3ccc(OC)cc3)[C@@H]1C)C(=O)N2. The maximum Gasteiger partial charge on any atom is 0.261 e. The molecule has 3 aromatic carbocycles. The van der Waals surface area contributed by atoms with Crippen LogP contribution in [-0.4, -0.2) is 99.1 Å². The van der Waals surface area contributed by atoms with Gasteiger partial charge < -0.3 is 40.0 Å². The average Bonchev–Trinajstić information content (AvgIpc) is 3.87. The number of aliphatic hydroxyl groups is 2. The molecule has 56 heavy (non-hydrogen) atoms. The number of aliphatic hydroxyl groups excluding tert-OH is 2. The lowest BCUT2D eigenvalue weighted by Crippen LogP contribution is -2.52. The highest BCUT2D eigenvalue weighted by molar-refractivity contribution is 6.91. The fourth-order valence-corrected chi connectivity index (χ4v) is 13.8. The number of rotatable bonds is 14. The van der Waals surface area contributed by atoms with E-state index in [0.717, 1.165) is 47.2 Å². The summed E-state index contributed by atoms with van der Waals surface area (Å²) < 4.78 is 18.5. The number of carbonyl (C=O) groups excluding carboxylic acids is 3. The van der Waals surface area contributed by atoms with Crippen LogP contribution in [0, 0.1) is 5.92 Å². The van der Waals surface area contributed by atoms with Crippen LogP contribution in [0.4, 0.5) is 17.1 Å². The molecule has 12 nitrogen and oxygen atoms in total. The number of ether oxygens (including phenoxy) is 3. The second-order valence-electron chi connectivity index (χ2n) is 16.1. The molecule has 13 heteroatoms. The molecule has 0 radical (unpaired) electrons. The number of benzene rings is 3. The Morgan fingerprint density at radius 1 is 1.05 bits per heavy atom. The largest absolute Gasteiger partial charge is 0.497 e. The Morgan fingerprint density at radius 2 is 1.82 bits per heavy atom. The average molecular weight is 785 g/mol. The van der Waals surface area contributed by atoms with Crippen LogP contribution in [0.2, 0.25) is 18.6 Å². The fraction of sp³-hybridized carbons (Fsp3) is 0.512. The molecule has 0 bridgehead atoms. The van der Waals surface area contributed by atoms with E-state index in [0.29, 0.717) is 49.5 Å². The van der Waals surface area contributed by atoms with Gasteiger partial charge in [0.15, 0.2) is 5.60 Å². The van der Waals surface area contributed by atoms with Crippen LogP contribution < -0.4 is 30.2 Å². The summed E-state index contributed by atoms with van der Waals surface area (Å²) in [5.74, 6) is 0.671. The first-order valence-electron chi connectivity index (χ1n) is 20.1. The zero-order valence-corrected chi connectivity index (χ0v) is 34.2. The number of carbonyl (C=O) groups is 3. The minimum absolute atomic E-state index is 0.0767. The molecular weight excluding hydrogens is 729 g/mol. The van der Waals surface area contributed by atoms with E-state index >= 15 is 0 Å². The monoisotopic (exact) mass is 784 g/mol. The number of hydrogen-bond acceptors (Lipinski definition) is 9. The molecule has 7 rings (SSSR count). The van der Waals surface area contributed by atoms with Gasteiger partial charge in [0.25, 0.3) is 5.91 Å². The predicted octanol–water partition coefficient (Wildman–Crippen LogP) is 4.59. The van der Waals surface area contributed by atoms with Crippen molar-refractivity contribution in [2.75, 3.05) is 50.2 Å². The molecule has 4 heterocycles. The first-order valence-corrected chi connectivity index (χ1v) is 23.2. The number of amides is 3. The van der Waals surface area contributed by atoms with Crippen LogP contribution in [-0.2, 0) is 31.1 Å². The van der Waals surface area contributed by atoms with Gasteiger partial charge in [0.2, 0.25) is 11.8 Å². The Balaban J connectivity index is 1.30. The summed E-state index contributed by atoms with van der Waals surface area (Å²) in [6.07, 6.45) is 2.95. The molecule has 6 atom stereocenters. The van der Waals surface area contributed by atoms with Crippen LogP contribution in [0.3, 0.4) is 0 Å². The van der Waals surface area contributed by atoms with E-state index in [1.807, 2.05) is 55.5 Å². The van der Waals surface area contributed by atoms with E-state index in [1.54, 1.807) is 16.9 Å². The number of likely N-dealkylation sites (tertiary alicyclic amines) is 1. The maximum absolute atomic E-state index is 14.5. The molecule has 3 amide bonds. The van der Waals surface area contributed by atoms with Gasteiger partial charge in [-0.25, -0.2) is 0 Å². The summed E-state index contributed by atoms with van der Waals surface area (Å²) in [5.41, 5.74) is 2.02. The number of unbranched alkanes of at least 4 members (excludes halogenated alkanes) is 1. The molecule has 1 spiro atoms. The van der Waals surface area contributed by atoms with Crippen molar-refractivity contribution in [3.05, 3.63) is 71.8 Å². The summed E-state index contributed by atoms with van der Waals surface area (Å²) in [6.45, 7) is 10.2. The van der Waals surface area contributed by atoms with Crippen molar-refractivity contribution in [1.29, 1.82) is 0 Å². The first kappa shape index (κ1) is 39.9. The van der Waals surface area contributed by atoms with E-state index in [-0.39, 0.29) is 54.9 Å². The second kappa shape index (κ2) is 16.3. The molecule has 2 fully saturated rings. The van der Waals surface area contributed by atoms with Gasteiger partial charge in [0.05, 0.1) is 58.7 Å². The molecule has 4 N–H and O–H groups in total. The third kappa shape index (κ3) is 7.02. The molecule has 3 aromatic rings. The van der Waals surface area contributed by atoms with Crippen LogP contribution >= 0.6 is 0 Å². The van der Waals surface area contributed by atoms with E-state index in [2.05, 4.69) is 42.8 Å². The van der Waals surface area contributed by atoms with Gasteiger partial charge >= 0.3 is 0 Å². The van der Waals surface area contributed by atoms with Crippen molar-refractivity contribution in [1.82, 2.24) is 10.2 Å². The normalized spacial score (nSPS) is 25.7. The number of fused-ring (bicyclic) bond motifs is 3. The lowest BCUT2D eigenvalue weighted by Gasteiger charge is -2.37. The summed E-state index contributed by atoms with van der Waals surface area (Å²) in [7, 11) is -0.869. The molecule has 4 aliphatic heterocycles. The summed E-state index contributed by atoms with van der Waals surface area (Å²) in [5, 5.41) is 27.1. The molecule has 0 aromatic heterocycles. The van der Waals surface area contributed by atoms with Gasteiger partial charge in [-0.2, -0.15) is 0 Å². The van der Waals surface area contributed by atoms with Gasteiger partial charge in [0, 0.05) is 36.0 Å². The minimum Gasteiger partial charge on any atom is -0.497 e. The van der Waals surface area contributed by atoms with Crippen molar-refractivity contribution in [3.8, 4) is 11.5 Å². The van der Waals surface area contributed by atoms with Crippen LogP contribution in [0.25, 0.3) is 0 Å². The Kier molecular flexibility index (Phi) is 11.6. The van der Waals surface area contributed by atoms with Crippen molar-refractivity contribution in [3.63, 3.8) is 0 Å². The van der Waals surface area contributed by atoms with E-state index in [9.17, 15) is 24.6 Å². The number of nitrogens with one attached hydrogen (secondary N) is 2. The molecule has 2 saturated heterocycles. The van der Waals surface area contributed by atoms with Gasteiger partial charge in [-0.1, -0.05) is 37.3 Å². The third-order valence-electron chi connectivity index (χ3n) is 12.6. The Labute approximate surface area is 330 Å². The minimum atomic E-state index is -2.51. The number of hydrogen-bond donors (Lipinski definition) is 4. The van der Waals surface area contributed by atoms with Crippen molar-refractivity contribution in [2.24, 2.45) is 5.92 Å². The number of methoxy groups -OCH3 is 1. The zero-order valence-electron chi connectivity index (χ0n) is 33.2. The van der Waals surface area contributed by atoms with Gasteiger partial charge in [0.1, 0.15) is 11.5 Å². The molecule has 0 saturated carbocycles. The highest BCUT2D eigenvalue weighted by atomic mass is 28.3. The van der Waals surface area contributed by atoms with E-state index in [4.69, 9.17) is 14.2 Å². The van der Waals surface area contributed by atoms with Gasteiger partial charge in [-0.15, -0.1) is 0 Å². The summed E-state index contributed by atoms with van der Waals surface area (Å²) in [6, 6.07) is 18.8. The van der Waals surface area contributed by atoms with Crippen molar-refractivity contribution >= 4 is 48.0 Å². The highest BCUT2D eigenvalue weighted by Crippen LogP contribution is 2.59. The highest BCUT2D eigenvalue weighted by Gasteiger charge is 2.65.